The number of amides is 1. The lowest BCUT2D eigenvalue weighted by atomic mass is 10.1. The first-order valence-corrected chi connectivity index (χ1v) is 8.15. The Labute approximate surface area is 134 Å². The normalized spacial score (nSPS) is 23.3. The molecule has 0 aromatic heterocycles. The van der Waals surface area contributed by atoms with Gasteiger partial charge in [-0.1, -0.05) is 0 Å². The fourth-order valence-corrected chi connectivity index (χ4v) is 2.52. The van der Waals surface area contributed by atoms with Crippen molar-refractivity contribution in [1.29, 1.82) is 0 Å². The van der Waals surface area contributed by atoms with E-state index in [2.05, 4.69) is 17.6 Å². The smallest absolute Gasteiger partial charge is 0.407 e. The number of nitrogens with one attached hydrogen (secondary N) is 2. The van der Waals surface area contributed by atoms with Crippen LogP contribution >= 0.6 is 0 Å². The van der Waals surface area contributed by atoms with Crippen LogP contribution in [0.2, 0.25) is 0 Å². The molecule has 0 aromatic rings. The minimum Gasteiger partial charge on any atom is -0.444 e. The highest BCUT2D eigenvalue weighted by atomic mass is 16.6. The summed E-state index contributed by atoms with van der Waals surface area (Å²) in [5.41, 5.74) is -0.456. The largest absolute Gasteiger partial charge is 0.444 e. The second-order valence-corrected chi connectivity index (χ2v) is 6.86. The number of methoxy groups -OCH3 is 1. The number of carbonyl (C=O) groups excluding carboxylic acids is 1. The van der Waals surface area contributed by atoms with Crippen LogP contribution in [0.3, 0.4) is 0 Å². The van der Waals surface area contributed by atoms with Gasteiger partial charge in [-0.25, -0.2) is 4.79 Å². The van der Waals surface area contributed by atoms with Crippen LogP contribution in [0.1, 0.15) is 47.0 Å². The van der Waals surface area contributed by atoms with Crippen molar-refractivity contribution >= 4 is 6.09 Å². The lowest BCUT2D eigenvalue weighted by Crippen LogP contribution is -2.44. The molecule has 0 aromatic carbocycles. The maximum atomic E-state index is 11.6. The molecule has 6 nitrogen and oxygen atoms in total. The second-order valence-electron chi connectivity index (χ2n) is 6.86. The van der Waals surface area contributed by atoms with Gasteiger partial charge < -0.3 is 24.8 Å². The first-order chi connectivity index (χ1) is 10.3. The van der Waals surface area contributed by atoms with E-state index in [4.69, 9.17) is 14.2 Å². The highest BCUT2D eigenvalue weighted by molar-refractivity contribution is 5.67. The number of rotatable bonds is 8. The summed E-state index contributed by atoms with van der Waals surface area (Å²) in [6.45, 7) is 9.75. The van der Waals surface area contributed by atoms with Crippen molar-refractivity contribution in [1.82, 2.24) is 10.6 Å². The van der Waals surface area contributed by atoms with Gasteiger partial charge in [0.05, 0.1) is 12.7 Å². The van der Waals surface area contributed by atoms with Crippen molar-refractivity contribution in [2.75, 3.05) is 26.9 Å². The van der Waals surface area contributed by atoms with Gasteiger partial charge in [-0.2, -0.15) is 0 Å². The molecule has 1 saturated heterocycles. The van der Waals surface area contributed by atoms with Crippen molar-refractivity contribution in [2.45, 2.75) is 70.7 Å². The van der Waals surface area contributed by atoms with Crippen LogP contribution in [0.5, 0.6) is 0 Å². The quantitative estimate of drug-likeness (QED) is 0.671. The summed E-state index contributed by atoms with van der Waals surface area (Å²) >= 11 is 0. The molecular formula is C16H32N2O4. The van der Waals surface area contributed by atoms with Gasteiger partial charge in [0.15, 0.2) is 0 Å². The van der Waals surface area contributed by atoms with E-state index in [1.807, 2.05) is 20.8 Å². The summed E-state index contributed by atoms with van der Waals surface area (Å²) in [6, 6.07) is 0.665. The third-order valence-electron chi connectivity index (χ3n) is 3.59. The van der Waals surface area contributed by atoms with Crippen LogP contribution in [0.15, 0.2) is 0 Å². The Morgan fingerprint density at radius 1 is 1.41 bits per heavy atom. The van der Waals surface area contributed by atoms with E-state index in [9.17, 15) is 4.79 Å². The molecule has 0 aliphatic carbocycles. The van der Waals surface area contributed by atoms with Crippen molar-refractivity contribution in [3.05, 3.63) is 0 Å². The van der Waals surface area contributed by atoms with E-state index in [0.717, 1.165) is 25.9 Å². The SMILES string of the molecule is COCC(CCCNC(=O)OC(C)(C)C)NC1CCOC1C. The molecule has 0 spiro atoms. The molecule has 130 valence electrons. The van der Waals surface area contributed by atoms with Crippen LogP contribution < -0.4 is 10.6 Å². The van der Waals surface area contributed by atoms with Crippen LogP contribution in [0.4, 0.5) is 4.79 Å². The zero-order valence-electron chi connectivity index (χ0n) is 14.6. The summed E-state index contributed by atoms with van der Waals surface area (Å²) in [5, 5.41) is 6.38. The Hall–Kier alpha value is -0.850. The van der Waals surface area contributed by atoms with Crippen LogP contribution in [0.25, 0.3) is 0 Å². The number of hydrogen-bond donors (Lipinski definition) is 2. The Balaban J connectivity index is 2.22. The first kappa shape index (κ1) is 19.2. The van der Waals surface area contributed by atoms with Crippen molar-refractivity contribution in [3.8, 4) is 0 Å². The number of alkyl carbamates (subject to hydrolysis) is 1. The third kappa shape index (κ3) is 7.96. The van der Waals surface area contributed by atoms with Gasteiger partial charge >= 0.3 is 6.09 Å². The highest BCUT2D eigenvalue weighted by Crippen LogP contribution is 2.14. The first-order valence-electron chi connectivity index (χ1n) is 8.15. The topological polar surface area (TPSA) is 68.8 Å². The lowest BCUT2D eigenvalue weighted by Gasteiger charge is -2.24. The minimum absolute atomic E-state index is 0.249. The van der Waals surface area contributed by atoms with E-state index in [1.54, 1.807) is 7.11 Å². The summed E-state index contributed by atoms with van der Waals surface area (Å²) < 4.78 is 16.1. The molecular weight excluding hydrogens is 284 g/mol. The average Bonchev–Trinajstić information content (AvgIpc) is 2.78. The molecule has 1 amide bonds. The Morgan fingerprint density at radius 3 is 2.68 bits per heavy atom. The van der Waals surface area contributed by atoms with Gasteiger partial charge in [-0.3, -0.25) is 0 Å². The Kier molecular flexibility index (Phi) is 8.14. The van der Waals surface area contributed by atoms with Crippen LogP contribution in [-0.2, 0) is 14.2 Å². The van der Waals surface area contributed by atoms with Crippen LogP contribution in [-0.4, -0.2) is 56.8 Å². The molecule has 1 aliphatic heterocycles. The summed E-state index contributed by atoms with van der Waals surface area (Å²) in [6.07, 6.45) is 2.74. The van der Waals surface area contributed by atoms with Gasteiger partial charge in [-0.15, -0.1) is 0 Å². The molecule has 2 N–H and O–H groups in total. The number of ether oxygens (including phenoxy) is 3. The Bertz CT molecular complexity index is 331. The fourth-order valence-electron chi connectivity index (χ4n) is 2.52. The van der Waals surface area contributed by atoms with Crippen molar-refractivity contribution < 1.29 is 19.0 Å². The molecule has 6 heteroatoms. The number of carbonyl (C=O) groups is 1. The fraction of sp³-hybridized carbons (Fsp3) is 0.938. The predicted octanol–water partition coefficient (Wildman–Crippen LogP) is 2.07. The molecule has 0 radical (unpaired) electrons. The van der Waals surface area contributed by atoms with Gasteiger partial charge in [0.1, 0.15) is 5.60 Å². The van der Waals surface area contributed by atoms with E-state index < -0.39 is 5.60 Å². The summed E-state index contributed by atoms with van der Waals surface area (Å²) in [5.74, 6) is 0. The molecule has 1 aliphatic rings. The minimum atomic E-state index is -0.456. The molecule has 3 atom stereocenters. The molecule has 1 rings (SSSR count). The number of hydrogen-bond acceptors (Lipinski definition) is 5. The highest BCUT2D eigenvalue weighted by Gasteiger charge is 2.26. The molecule has 1 heterocycles. The Morgan fingerprint density at radius 2 is 2.14 bits per heavy atom. The summed E-state index contributed by atoms with van der Waals surface area (Å²) in [4.78, 5) is 11.6. The lowest BCUT2D eigenvalue weighted by molar-refractivity contribution is 0.0525. The van der Waals surface area contributed by atoms with E-state index >= 15 is 0 Å². The second kappa shape index (κ2) is 9.33. The predicted molar refractivity (Wildman–Crippen MR) is 86.1 cm³/mol. The van der Waals surface area contributed by atoms with Crippen molar-refractivity contribution in [3.63, 3.8) is 0 Å². The maximum absolute atomic E-state index is 11.6. The third-order valence-corrected chi connectivity index (χ3v) is 3.59. The summed E-state index contributed by atoms with van der Waals surface area (Å²) in [7, 11) is 1.71. The molecule has 22 heavy (non-hydrogen) atoms. The van der Waals surface area contributed by atoms with Crippen molar-refractivity contribution in [2.24, 2.45) is 0 Å². The average molecular weight is 316 g/mol. The standard InChI is InChI=1S/C16H32N2O4/c1-12-14(8-10-21-12)18-13(11-20-5)7-6-9-17-15(19)22-16(2,3)4/h12-14,18H,6-11H2,1-5H3,(H,17,19). The monoisotopic (exact) mass is 316 g/mol. The zero-order valence-corrected chi connectivity index (χ0v) is 14.6. The van der Waals surface area contributed by atoms with Gasteiger partial charge in [-0.05, 0) is 47.0 Å². The molecule has 0 bridgehead atoms. The van der Waals surface area contributed by atoms with Gasteiger partial charge in [0.25, 0.3) is 0 Å². The van der Waals surface area contributed by atoms with Gasteiger partial charge in [0.2, 0.25) is 0 Å². The van der Waals surface area contributed by atoms with E-state index in [0.29, 0.717) is 19.2 Å². The molecule has 3 unspecified atom stereocenters. The molecule has 0 saturated carbocycles. The molecule has 1 fully saturated rings. The maximum Gasteiger partial charge on any atom is 0.407 e. The zero-order chi connectivity index (χ0) is 16.6. The van der Waals surface area contributed by atoms with Crippen LogP contribution in [0, 0.1) is 0 Å². The van der Waals surface area contributed by atoms with E-state index in [-0.39, 0.29) is 18.2 Å². The van der Waals surface area contributed by atoms with E-state index in [1.165, 1.54) is 0 Å². The van der Waals surface area contributed by atoms with Gasteiger partial charge in [0, 0.05) is 32.3 Å².